The van der Waals surface area contributed by atoms with Gasteiger partial charge in [0.2, 0.25) is 0 Å². The molecule has 2 nitrogen and oxygen atoms in total. The first-order chi connectivity index (χ1) is 30.3. The lowest BCUT2D eigenvalue weighted by molar-refractivity contribution is 1.18. The largest absolute Gasteiger partial charge is 0.309 e. The first kappa shape index (κ1) is 27.4. The maximum absolute atomic E-state index is 8.80. The van der Waals surface area contributed by atoms with Crippen molar-refractivity contribution in [3.8, 4) is 44.8 Å². The Labute approximate surface area is 340 Å². The molecule has 0 aliphatic heterocycles. The van der Waals surface area contributed by atoms with Crippen LogP contribution in [0.3, 0.4) is 0 Å². The summed E-state index contributed by atoms with van der Waals surface area (Å²) in [6.07, 6.45) is 0. The molecule has 0 fully saturated rings. The summed E-state index contributed by atoms with van der Waals surface area (Å²) >= 11 is 1.64. The van der Waals surface area contributed by atoms with Crippen molar-refractivity contribution in [1.29, 1.82) is 0 Å². The zero-order chi connectivity index (χ0) is 41.8. The summed E-state index contributed by atoms with van der Waals surface area (Å²) in [5.74, 6) is 0. The van der Waals surface area contributed by atoms with E-state index in [2.05, 4.69) is 167 Å². The van der Waals surface area contributed by atoms with Gasteiger partial charge in [0.25, 0.3) is 0 Å². The lowest BCUT2D eigenvalue weighted by atomic mass is 9.99. The third kappa shape index (κ3) is 5.03. The van der Waals surface area contributed by atoms with Crippen molar-refractivity contribution in [2.75, 3.05) is 0 Å². The van der Waals surface area contributed by atoms with Gasteiger partial charge >= 0.3 is 0 Å². The molecule has 0 atom stereocenters. The summed E-state index contributed by atoms with van der Waals surface area (Å²) in [5.41, 5.74) is 12.1. The smallest absolute Gasteiger partial charge is 0.0629 e. The molecule has 3 heterocycles. The van der Waals surface area contributed by atoms with E-state index in [1.807, 2.05) is 18.2 Å². The number of fused-ring (bicyclic) bond motifs is 9. The molecule has 12 rings (SSSR count). The van der Waals surface area contributed by atoms with Gasteiger partial charge in [-0.05, 0) is 106 Å². The SMILES string of the molecule is [2H]c1c([2H])c([2H])c(-c2cccc3sc4ccc(-n5c6ccccc6c6cc(-c7ccc8c(c7)c7ccccc7n8-c7cccc(-c8ccccc8)c7)ccc65)cc4c23)c([2H])c1[2H]. The van der Waals surface area contributed by atoms with Gasteiger partial charge in [-0.2, -0.15) is 0 Å². The van der Waals surface area contributed by atoms with Crippen LogP contribution in [-0.4, -0.2) is 9.13 Å². The zero-order valence-corrected chi connectivity index (χ0v) is 31.4. The van der Waals surface area contributed by atoms with Crippen molar-refractivity contribution in [2.45, 2.75) is 0 Å². The summed E-state index contributed by atoms with van der Waals surface area (Å²) in [5, 5.41) is 6.57. The molecule has 0 saturated carbocycles. The molecule has 9 aromatic carbocycles. The van der Waals surface area contributed by atoms with Crippen LogP contribution in [0, 0.1) is 0 Å². The number of para-hydroxylation sites is 2. The number of thiophene rings is 1. The van der Waals surface area contributed by atoms with E-state index in [4.69, 9.17) is 6.85 Å². The first-order valence-electron chi connectivity index (χ1n) is 21.6. The Morgan fingerprint density at radius 1 is 0.351 bits per heavy atom. The number of hydrogen-bond acceptors (Lipinski definition) is 1. The number of hydrogen-bond donors (Lipinski definition) is 0. The molecule has 0 bridgehead atoms. The van der Waals surface area contributed by atoms with E-state index >= 15 is 0 Å². The minimum atomic E-state index is -0.392. The second kappa shape index (κ2) is 12.7. The van der Waals surface area contributed by atoms with Gasteiger partial charge in [-0.25, -0.2) is 0 Å². The fourth-order valence-corrected chi connectivity index (χ4v) is 9.98. The number of rotatable bonds is 5. The number of nitrogens with zero attached hydrogens (tertiary/aromatic N) is 2. The van der Waals surface area contributed by atoms with Gasteiger partial charge in [-0.1, -0.05) is 133 Å². The molecule has 12 aromatic rings. The fourth-order valence-electron chi connectivity index (χ4n) is 8.86. The molecular weight excluding hydrogens is 709 g/mol. The Kier molecular flexibility index (Phi) is 6.09. The Bertz CT molecular complexity index is 3790. The molecule has 0 N–H and O–H groups in total. The van der Waals surface area contributed by atoms with E-state index in [1.54, 1.807) is 11.3 Å². The average Bonchev–Trinajstić information content (AvgIpc) is 3.98. The first-order valence-corrected chi connectivity index (χ1v) is 19.9. The molecule has 266 valence electrons. The third-order valence-corrected chi connectivity index (χ3v) is 12.5. The predicted octanol–water partition coefficient (Wildman–Crippen LogP) is 15.2. The van der Waals surface area contributed by atoms with Crippen molar-refractivity contribution in [1.82, 2.24) is 9.13 Å². The highest BCUT2D eigenvalue weighted by Gasteiger charge is 2.18. The Morgan fingerprint density at radius 3 is 1.63 bits per heavy atom. The van der Waals surface area contributed by atoms with Gasteiger partial charge in [-0.3, -0.25) is 0 Å². The van der Waals surface area contributed by atoms with Crippen LogP contribution < -0.4 is 0 Å². The quantitative estimate of drug-likeness (QED) is 0.166. The summed E-state index contributed by atoms with van der Waals surface area (Å²) < 4.78 is 49.3. The minimum Gasteiger partial charge on any atom is -0.309 e. The second-order valence-corrected chi connectivity index (χ2v) is 15.6. The molecule has 0 saturated heterocycles. The predicted molar refractivity (Wildman–Crippen MR) is 244 cm³/mol. The van der Waals surface area contributed by atoms with E-state index in [0.717, 1.165) is 70.0 Å². The third-order valence-electron chi connectivity index (χ3n) is 11.4. The van der Waals surface area contributed by atoms with Gasteiger partial charge in [-0.15, -0.1) is 11.3 Å². The van der Waals surface area contributed by atoms with E-state index in [9.17, 15) is 0 Å². The summed E-state index contributed by atoms with van der Waals surface area (Å²) in [4.78, 5) is 0. The van der Waals surface area contributed by atoms with Gasteiger partial charge in [0.1, 0.15) is 0 Å². The molecule has 3 aromatic heterocycles. The highest BCUT2D eigenvalue weighted by Crippen LogP contribution is 2.43. The summed E-state index contributed by atoms with van der Waals surface area (Å²) in [7, 11) is 0. The van der Waals surface area contributed by atoms with Crippen LogP contribution in [0.1, 0.15) is 6.85 Å². The number of benzene rings is 9. The topological polar surface area (TPSA) is 9.86 Å². The van der Waals surface area contributed by atoms with Crippen molar-refractivity contribution in [3.05, 3.63) is 206 Å². The van der Waals surface area contributed by atoms with Crippen LogP contribution in [-0.2, 0) is 0 Å². The highest BCUT2D eigenvalue weighted by atomic mass is 32.1. The van der Waals surface area contributed by atoms with Crippen LogP contribution >= 0.6 is 11.3 Å². The van der Waals surface area contributed by atoms with E-state index in [0.29, 0.717) is 5.56 Å². The maximum atomic E-state index is 8.80. The maximum Gasteiger partial charge on any atom is 0.0629 e. The normalized spacial score (nSPS) is 13.1. The Balaban J connectivity index is 1.01. The average molecular weight is 748 g/mol. The van der Waals surface area contributed by atoms with Crippen LogP contribution in [0.5, 0.6) is 0 Å². The van der Waals surface area contributed by atoms with E-state index in [-0.39, 0.29) is 29.7 Å². The van der Waals surface area contributed by atoms with E-state index < -0.39 is 6.04 Å². The van der Waals surface area contributed by atoms with Crippen LogP contribution in [0.25, 0.3) is 109 Å². The Hall–Kier alpha value is -7.20. The van der Waals surface area contributed by atoms with Gasteiger partial charge < -0.3 is 9.13 Å². The molecule has 3 heteroatoms. The summed E-state index contributed by atoms with van der Waals surface area (Å²) in [6, 6.07) is 60.9. The monoisotopic (exact) mass is 747 g/mol. The van der Waals surface area contributed by atoms with Crippen molar-refractivity contribution >= 4 is 75.1 Å². The highest BCUT2D eigenvalue weighted by molar-refractivity contribution is 7.26. The Morgan fingerprint density at radius 2 is 0.930 bits per heavy atom. The minimum absolute atomic E-state index is 0.198. The van der Waals surface area contributed by atoms with Gasteiger partial charge in [0.15, 0.2) is 0 Å². The van der Waals surface area contributed by atoms with Crippen LogP contribution in [0.2, 0.25) is 0 Å². The van der Waals surface area contributed by atoms with Gasteiger partial charge in [0.05, 0.1) is 28.9 Å². The molecule has 57 heavy (non-hydrogen) atoms. The van der Waals surface area contributed by atoms with E-state index in [1.165, 1.54) is 27.4 Å². The molecular formula is C54H34N2S. The molecule has 0 aliphatic carbocycles. The van der Waals surface area contributed by atoms with Crippen molar-refractivity contribution in [3.63, 3.8) is 0 Å². The van der Waals surface area contributed by atoms with Crippen LogP contribution in [0.15, 0.2) is 206 Å². The van der Waals surface area contributed by atoms with Crippen molar-refractivity contribution in [2.24, 2.45) is 0 Å². The molecule has 0 amide bonds. The molecule has 0 radical (unpaired) electrons. The molecule has 0 aliphatic rings. The lowest BCUT2D eigenvalue weighted by Gasteiger charge is -2.11. The van der Waals surface area contributed by atoms with Crippen molar-refractivity contribution < 1.29 is 6.85 Å². The number of aromatic nitrogens is 2. The summed E-state index contributed by atoms with van der Waals surface area (Å²) in [6.45, 7) is 0. The molecule has 0 unspecified atom stereocenters. The lowest BCUT2D eigenvalue weighted by Crippen LogP contribution is -1.94. The molecule has 0 spiro atoms. The standard InChI is InChI=1S/C54H34N2S/c1-3-13-35(14-4-1)37-17-11-18-40(31-37)55-48-22-9-7-19-43(48)45-32-38(25-28-50(45)55)39-26-29-51-46(33-39)44-20-8-10-23-49(44)56(51)41-27-30-52-47(34-41)54-42(21-12-24-53(54)57-52)36-15-5-2-6-16-36/h1-34H/i2D,5D,6D,15D,16D. The van der Waals surface area contributed by atoms with Crippen LogP contribution in [0.4, 0.5) is 0 Å². The zero-order valence-electron chi connectivity index (χ0n) is 35.5. The second-order valence-electron chi connectivity index (χ2n) is 14.5. The fraction of sp³-hybridized carbons (Fsp3) is 0. The van der Waals surface area contributed by atoms with Gasteiger partial charge in [0, 0.05) is 53.1 Å².